The van der Waals surface area contributed by atoms with Gasteiger partial charge in [0.05, 0.1) is 0 Å². The average Bonchev–Trinajstić information content (AvgIpc) is 2.30. The van der Waals surface area contributed by atoms with Crippen molar-refractivity contribution in [3.05, 3.63) is 35.6 Å². The monoisotopic (exact) mass is 221 g/mol. The lowest BCUT2D eigenvalue weighted by Crippen LogP contribution is -2.43. The number of nitrogens with zero attached hydrogens (tertiary/aromatic N) is 1. The first-order valence-electron chi connectivity index (χ1n) is 6.09. The highest BCUT2D eigenvalue weighted by atomic mass is 19.1. The van der Waals surface area contributed by atoms with Gasteiger partial charge in [0.15, 0.2) is 0 Å². The number of hydrogen-bond acceptors (Lipinski definition) is 1. The van der Waals surface area contributed by atoms with Gasteiger partial charge < -0.3 is 0 Å². The zero-order valence-electron chi connectivity index (χ0n) is 10.2. The summed E-state index contributed by atoms with van der Waals surface area (Å²) in [5, 5.41) is 0. The Morgan fingerprint density at radius 2 is 1.56 bits per heavy atom. The van der Waals surface area contributed by atoms with Crippen LogP contribution in [-0.2, 0) is 5.54 Å². The summed E-state index contributed by atoms with van der Waals surface area (Å²) in [6.07, 6.45) is 6.25. The molecule has 1 saturated carbocycles. The molecule has 0 aromatic heterocycles. The van der Waals surface area contributed by atoms with E-state index in [2.05, 4.69) is 19.0 Å². The summed E-state index contributed by atoms with van der Waals surface area (Å²) >= 11 is 0. The second kappa shape index (κ2) is 4.54. The SMILES string of the molecule is CN(C)C1(c2ccc(F)cc2)CCCCC1. The van der Waals surface area contributed by atoms with Crippen molar-refractivity contribution in [1.82, 2.24) is 4.90 Å². The average molecular weight is 221 g/mol. The Hall–Kier alpha value is -0.890. The molecule has 1 aromatic rings. The second-order valence-electron chi connectivity index (χ2n) is 4.99. The topological polar surface area (TPSA) is 3.24 Å². The van der Waals surface area contributed by atoms with E-state index in [1.54, 1.807) is 12.1 Å². The van der Waals surface area contributed by atoms with E-state index in [0.717, 1.165) is 0 Å². The number of rotatable bonds is 2. The van der Waals surface area contributed by atoms with Crippen LogP contribution in [-0.4, -0.2) is 19.0 Å². The zero-order chi connectivity index (χ0) is 11.6. The predicted octanol–water partition coefficient (Wildman–Crippen LogP) is 3.55. The van der Waals surface area contributed by atoms with E-state index in [1.807, 2.05) is 12.1 Å². The van der Waals surface area contributed by atoms with Gasteiger partial charge in [-0.2, -0.15) is 0 Å². The van der Waals surface area contributed by atoms with Crippen molar-refractivity contribution in [3.63, 3.8) is 0 Å². The van der Waals surface area contributed by atoms with E-state index in [9.17, 15) is 4.39 Å². The molecule has 2 rings (SSSR count). The van der Waals surface area contributed by atoms with Crippen LogP contribution in [0.15, 0.2) is 24.3 Å². The molecule has 0 N–H and O–H groups in total. The van der Waals surface area contributed by atoms with Gasteiger partial charge in [-0.05, 0) is 44.6 Å². The van der Waals surface area contributed by atoms with Gasteiger partial charge in [0.2, 0.25) is 0 Å². The van der Waals surface area contributed by atoms with Gasteiger partial charge in [-0.15, -0.1) is 0 Å². The van der Waals surface area contributed by atoms with Crippen molar-refractivity contribution in [2.75, 3.05) is 14.1 Å². The molecule has 0 aliphatic heterocycles. The van der Waals surface area contributed by atoms with Crippen LogP contribution in [0.1, 0.15) is 37.7 Å². The molecule has 88 valence electrons. The van der Waals surface area contributed by atoms with E-state index in [4.69, 9.17) is 0 Å². The van der Waals surface area contributed by atoms with Gasteiger partial charge in [-0.25, -0.2) is 4.39 Å². The highest BCUT2D eigenvalue weighted by molar-refractivity contribution is 5.25. The molecule has 16 heavy (non-hydrogen) atoms. The highest BCUT2D eigenvalue weighted by Crippen LogP contribution is 2.40. The summed E-state index contributed by atoms with van der Waals surface area (Å²) < 4.78 is 13.0. The third-order valence-electron chi connectivity index (χ3n) is 3.92. The van der Waals surface area contributed by atoms with Gasteiger partial charge in [-0.1, -0.05) is 31.4 Å². The number of halogens is 1. The quantitative estimate of drug-likeness (QED) is 0.738. The molecule has 0 amide bonds. The summed E-state index contributed by atoms with van der Waals surface area (Å²) in [6, 6.07) is 7.05. The Balaban J connectivity index is 2.34. The van der Waals surface area contributed by atoms with Crippen molar-refractivity contribution < 1.29 is 4.39 Å². The molecule has 2 heteroatoms. The summed E-state index contributed by atoms with van der Waals surface area (Å²) in [5.74, 6) is -0.145. The Morgan fingerprint density at radius 1 is 1.00 bits per heavy atom. The van der Waals surface area contributed by atoms with Gasteiger partial charge in [0.1, 0.15) is 5.82 Å². The molecule has 1 aliphatic rings. The minimum absolute atomic E-state index is 0.131. The molecule has 0 atom stereocenters. The van der Waals surface area contributed by atoms with Crippen LogP contribution >= 0.6 is 0 Å². The molecule has 0 radical (unpaired) electrons. The van der Waals surface area contributed by atoms with E-state index in [-0.39, 0.29) is 11.4 Å². The molecule has 1 aromatic carbocycles. The first-order chi connectivity index (χ1) is 7.65. The normalized spacial score (nSPS) is 20.0. The first-order valence-corrected chi connectivity index (χ1v) is 6.09. The molecule has 0 bridgehead atoms. The van der Waals surface area contributed by atoms with E-state index in [1.165, 1.54) is 37.7 Å². The highest BCUT2D eigenvalue weighted by Gasteiger charge is 2.35. The van der Waals surface area contributed by atoms with Crippen LogP contribution in [0, 0.1) is 5.82 Å². The molecular weight excluding hydrogens is 201 g/mol. The molecule has 0 heterocycles. The number of benzene rings is 1. The third kappa shape index (κ3) is 1.99. The lowest BCUT2D eigenvalue weighted by Gasteiger charge is -2.43. The molecule has 1 aliphatic carbocycles. The summed E-state index contributed by atoms with van der Waals surface area (Å²) in [7, 11) is 4.27. The molecule has 1 fully saturated rings. The Morgan fingerprint density at radius 3 is 2.06 bits per heavy atom. The van der Waals surface area contributed by atoms with Crippen LogP contribution < -0.4 is 0 Å². The molecular formula is C14H20FN. The maximum absolute atomic E-state index is 13.0. The van der Waals surface area contributed by atoms with Crippen molar-refractivity contribution >= 4 is 0 Å². The van der Waals surface area contributed by atoms with Crippen molar-refractivity contribution in [1.29, 1.82) is 0 Å². The number of hydrogen-bond donors (Lipinski definition) is 0. The maximum atomic E-state index is 13.0. The lowest BCUT2D eigenvalue weighted by atomic mass is 9.76. The molecule has 0 unspecified atom stereocenters. The van der Waals surface area contributed by atoms with Gasteiger partial charge in [-0.3, -0.25) is 4.90 Å². The zero-order valence-corrected chi connectivity index (χ0v) is 10.2. The fourth-order valence-electron chi connectivity index (χ4n) is 2.89. The van der Waals surface area contributed by atoms with Crippen molar-refractivity contribution in [2.45, 2.75) is 37.6 Å². The van der Waals surface area contributed by atoms with Crippen LogP contribution in [0.25, 0.3) is 0 Å². The van der Waals surface area contributed by atoms with Crippen molar-refractivity contribution in [3.8, 4) is 0 Å². The Labute approximate surface area is 97.3 Å². The third-order valence-corrected chi connectivity index (χ3v) is 3.92. The minimum atomic E-state index is -0.145. The summed E-state index contributed by atoms with van der Waals surface area (Å²) in [5.41, 5.74) is 1.39. The van der Waals surface area contributed by atoms with Crippen molar-refractivity contribution in [2.24, 2.45) is 0 Å². The van der Waals surface area contributed by atoms with Crippen LogP contribution in [0.4, 0.5) is 4.39 Å². The predicted molar refractivity (Wildman–Crippen MR) is 64.9 cm³/mol. The molecule has 1 nitrogen and oxygen atoms in total. The van der Waals surface area contributed by atoms with Crippen LogP contribution in [0.3, 0.4) is 0 Å². The van der Waals surface area contributed by atoms with E-state index < -0.39 is 0 Å². The fraction of sp³-hybridized carbons (Fsp3) is 0.571. The smallest absolute Gasteiger partial charge is 0.123 e. The maximum Gasteiger partial charge on any atom is 0.123 e. The fourth-order valence-corrected chi connectivity index (χ4v) is 2.89. The standard InChI is InChI=1S/C14H20FN/c1-16(2)14(10-4-3-5-11-14)12-6-8-13(15)9-7-12/h6-9H,3-5,10-11H2,1-2H3. The lowest BCUT2D eigenvalue weighted by molar-refractivity contribution is 0.0988. The van der Waals surface area contributed by atoms with E-state index >= 15 is 0 Å². The Kier molecular flexibility index (Phi) is 3.29. The van der Waals surface area contributed by atoms with Gasteiger partial charge in [0, 0.05) is 5.54 Å². The summed E-state index contributed by atoms with van der Waals surface area (Å²) in [4.78, 5) is 2.30. The second-order valence-corrected chi connectivity index (χ2v) is 4.99. The van der Waals surface area contributed by atoms with Crippen LogP contribution in [0.2, 0.25) is 0 Å². The van der Waals surface area contributed by atoms with Crippen LogP contribution in [0.5, 0.6) is 0 Å². The largest absolute Gasteiger partial charge is 0.300 e. The van der Waals surface area contributed by atoms with Gasteiger partial charge >= 0.3 is 0 Å². The Bertz CT molecular complexity index is 336. The van der Waals surface area contributed by atoms with E-state index in [0.29, 0.717) is 0 Å². The minimum Gasteiger partial charge on any atom is -0.300 e. The first kappa shape index (κ1) is 11.6. The molecule has 0 spiro atoms. The molecule has 0 saturated heterocycles. The van der Waals surface area contributed by atoms with Gasteiger partial charge in [0.25, 0.3) is 0 Å². The summed E-state index contributed by atoms with van der Waals surface area (Å²) in [6.45, 7) is 0.